The number of aromatic amines is 1. The number of benzene rings is 2. The van der Waals surface area contributed by atoms with E-state index in [-0.39, 0.29) is 5.88 Å². The van der Waals surface area contributed by atoms with E-state index in [9.17, 15) is 5.11 Å². The van der Waals surface area contributed by atoms with Gasteiger partial charge in [-0.15, -0.1) is 0 Å². The molecule has 0 amide bonds. The van der Waals surface area contributed by atoms with Crippen molar-refractivity contribution in [1.82, 2.24) is 15.3 Å². The quantitative estimate of drug-likeness (QED) is 0.336. The molecule has 2 aromatic carbocycles. The van der Waals surface area contributed by atoms with Gasteiger partial charge in [-0.05, 0) is 30.3 Å². The predicted octanol–water partition coefficient (Wildman–Crippen LogP) is 3.63. The predicted molar refractivity (Wildman–Crippen MR) is 96.6 cm³/mol. The average Bonchev–Trinajstić information content (AvgIpc) is 2.95. The number of H-pyrrole nitrogens is 1. The molecule has 0 radical (unpaired) electrons. The van der Waals surface area contributed by atoms with Gasteiger partial charge in [0.25, 0.3) is 0 Å². The van der Waals surface area contributed by atoms with Crippen LogP contribution < -0.4 is 5.32 Å². The van der Waals surface area contributed by atoms with E-state index in [0.29, 0.717) is 17.1 Å². The van der Waals surface area contributed by atoms with E-state index < -0.39 is 0 Å². The topological polar surface area (TPSA) is 84.8 Å². The van der Waals surface area contributed by atoms with Crippen molar-refractivity contribution >= 4 is 27.6 Å². The fourth-order valence-corrected chi connectivity index (χ4v) is 2.94. The molecule has 5 heteroatoms. The number of para-hydroxylation sites is 1. The van der Waals surface area contributed by atoms with Crippen LogP contribution in [0.4, 0.5) is 0 Å². The smallest absolute Gasteiger partial charge is 0.199 e. The standard InChI is InChI=1S/C19H16N4O/c1-21-18(20)12-7-8-15-13(10-12)17(19(24)23-15)16-9-6-11-4-2-3-5-14(11)22-16/h2-10,23-24H,1H3,(H2,20,21). The zero-order valence-corrected chi connectivity index (χ0v) is 13.1. The van der Waals surface area contributed by atoms with Gasteiger partial charge in [0.2, 0.25) is 0 Å². The second-order valence-electron chi connectivity index (χ2n) is 5.62. The average molecular weight is 316 g/mol. The Hall–Kier alpha value is -3.34. The van der Waals surface area contributed by atoms with Gasteiger partial charge in [0.1, 0.15) is 5.84 Å². The Bertz CT molecular complexity index is 1080. The van der Waals surface area contributed by atoms with Gasteiger partial charge in [0.05, 0.1) is 16.8 Å². The Morgan fingerprint density at radius 1 is 1.12 bits per heavy atom. The molecular weight excluding hydrogens is 300 g/mol. The number of pyridine rings is 1. The first-order chi connectivity index (χ1) is 11.7. The van der Waals surface area contributed by atoms with Crippen molar-refractivity contribution in [2.75, 3.05) is 7.05 Å². The molecule has 2 heterocycles. The van der Waals surface area contributed by atoms with Crippen molar-refractivity contribution in [3.63, 3.8) is 0 Å². The monoisotopic (exact) mass is 316 g/mol. The number of nitrogens with one attached hydrogen (secondary N) is 3. The molecule has 0 aliphatic rings. The third-order valence-corrected chi connectivity index (χ3v) is 4.17. The molecule has 4 rings (SSSR count). The maximum absolute atomic E-state index is 10.4. The van der Waals surface area contributed by atoms with E-state index in [1.807, 2.05) is 54.6 Å². The largest absolute Gasteiger partial charge is 0.494 e. The first-order valence-corrected chi connectivity index (χ1v) is 7.65. The first-order valence-electron chi connectivity index (χ1n) is 7.65. The minimum Gasteiger partial charge on any atom is -0.494 e. The van der Waals surface area contributed by atoms with E-state index in [2.05, 4.69) is 15.3 Å². The molecular formula is C19H16N4O. The number of hydrogen-bond donors (Lipinski definition) is 4. The van der Waals surface area contributed by atoms with Gasteiger partial charge in [0.15, 0.2) is 5.88 Å². The molecule has 0 aliphatic heterocycles. The lowest BCUT2D eigenvalue weighted by Gasteiger charge is -2.05. The summed E-state index contributed by atoms with van der Waals surface area (Å²) >= 11 is 0. The Balaban J connectivity index is 1.96. The molecule has 4 N–H and O–H groups in total. The van der Waals surface area contributed by atoms with Crippen LogP contribution in [0.5, 0.6) is 5.88 Å². The van der Waals surface area contributed by atoms with Gasteiger partial charge >= 0.3 is 0 Å². The van der Waals surface area contributed by atoms with Crippen molar-refractivity contribution in [2.24, 2.45) is 0 Å². The summed E-state index contributed by atoms with van der Waals surface area (Å²) in [5.74, 6) is 0.413. The molecule has 0 saturated heterocycles. The van der Waals surface area contributed by atoms with Crippen molar-refractivity contribution in [2.45, 2.75) is 0 Å². The van der Waals surface area contributed by atoms with E-state index in [1.165, 1.54) is 0 Å². The maximum atomic E-state index is 10.4. The highest BCUT2D eigenvalue weighted by molar-refractivity contribution is 6.05. The van der Waals surface area contributed by atoms with Gasteiger partial charge in [0, 0.05) is 28.9 Å². The molecule has 5 nitrogen and oxygen atoms in total. The van der Waals surface area contributed by atoms with Crippen LogP contribution >= 0.6 is 0 Å². The number of amidine groups is 1. The number of nitrogens with zero attached hydrogens (tertiary/aromatic N) is 1. The number of fused-ring (bicyclic) bond motifs is 2. The third kappa shape index (κ3) is 2.18. The van der Waals surface area contributed by atoms with Crippen molar-refractivity contribution in [1.29, 1.82) is 5.41 Å². The molecule has 0 aliphatic carbocycles. The minimum absolute atomic E-state index is 0.0842. The summed E-state index contributed by atoms with van der Waals surface area (Å²) in [7, 11) is 1.72. The van der Waals surface area contributed by atoms with E-state index in [4.69, 9.17) is 5.41 Å². The lowest BCUT2D eigenvalue weighted by atomic mass is 10.0. The molecule has 0 atom stereocenters. The Labute approximate surface area is 138 Å². The molecule has 24 heavy (non-hydrogen) atoms. The summed E-state index contributed by atoms with van der Waals surface area (Å²) in [4.78, 5) is 7.66. The normalized spacial score (nSPS) is 11.0. The second-order valence-corrected chi connectivity index (χ2v) is 5.62. The van der Waals surface area contributed by atoms with Crippen molar-refractivity contribution in [3.05, 3.63) is 60.2 Å². The van der Waals surface area contributed by atoms with Gasteiger partial charge < -0.3 is 15.4 Å². The van der Waals surface area contributed by atoms with Crippen molar-refractivity contribution in [3.8, 4) is 17.1 Å². The van der Waals surface area contributed by atoms with Gasteiger partial charge in [-0.1, -0.05) is 24.3 Å². The molecule has 0 bridgehead atoms. The SMILES string of the molecule is CNC(=N)c1ccc2[nH]c(O)c(-c3ccc4ccccc4n3)c2c1. The Morgan fingerprint density at radius 3 is 2.79 bits per heavy atom. The summed E-state index contributed by atoms with van der Waals surface area (Å²) in [6, 6.07) is 17.4. The lowest BCUT2D eigenvalue weighted by Crippen LogP contribution is -2.17. The van der Waals surface area contributed by atoms with Crippen LogP contribution in [-0.4, -0.2) is 28.0 Å². The van der Waals surface area contributed by atoms with E-state index in [0.717, 1.165) is 27.4 Å². The highest BCUT2D eigenvalue weighted by Gasteiger charge is 2.15. The Kier molecular flexibility index (Phi) is 3.20. The van der Waals surface area contributed by atoms with Crippen molar-refractivity contribution < 1.29 is 5.11 Å². The Morgan fingerprint density at radius 2 is 1.96 bits per heavy atom. The molecule has 0 unspecified atom stereocenters. The number of aromatic nitrogens is 2. The van der Waals surface area contributed by atoms with E-state index >= 15 is 0 Å². The molecule has 118 valence electrons. The van der Waals surface area contributed by atoms with Crippen LogP contribution in [0.2, 0.25) is 0 Å². The van der Waals surface area contributed by atoms with Crippen LogP contribution in [0.3, 0.4) is 0 Å². The molecule has 0 fully saturated rings. The third-order valence-electron chi connectivity index (χ3n) is 4.17. The highest BCUT2D eigenvalue weighted by atomic mass is 16.3. The summed E-state index contributed by atoms with van der Waals surface area (Å²) in [6.07, 6.45) is 0. The van der Waals surface area contributed by atoms with Crippen LogP contribution in [0.1, 0.15) is 5.56 Å². The number of aromatic hydroxyl groups is 1. The molecule has 4 aromatic rings. The van der Waals surface area contributed by atoms with Gasteiger partial charge in [-0.3, -0.25) is 5.41 Å². The highest BCUT2D eigenvalue weighted by Crippen LogP contribution is 2.36. The van der Waals surface area contributed by atoms with Crippen LogP contribution in [0, 0.1) is 5.41 Å². The van der Waals surface area contributed by atoms with Crippen LogP contribution in [0.25, 0.3) is 33.1 Å². The lowest BCUT2D eigenvalue weighted by molar-refractivity contribution is 0.460. The summed E-state index contributed by atoms with van der Waals surface area (Å²) < 4.78 is 0. The summed E-state index contributed by atoms with van der Waals surface area (Å²) in [5, 5.41) is 23.1. The van der Waals surface area contributed by atoms with Crippen LogP contribution in [0.15, 0.2) is 54.6 Å². The zero-order valence-electron chi connectivity index (χ0n) is 13.1. The minimum atomic E-state index is 0.0842. The van der Waals surface area contributed by atoms with Gasteiger partial charge in [-0.2, -0.15) is 0 Å². The summed E-state index contributed by atoms with van der Waals surface area (Å²) in [5.41, 5.74) is 3.80. The molecule has 2 aromatic heterocycles. The fourth-order valence-electron chi connectivity index (χ4n) is 2.94. The van der Waals surface area contributed by atoms with E-state index in [1.54, 1.807) is 7.05 Å². The number of rotatable bonds is 2. The zero-order chi connectivity index (χ0) is 16.7. The van der Waals surface area contributed by atoms with Gasteiger partial charge in [-0.25, -0.2) is 4.98 Å². The number of hydrogen-bond acceptors (Lipinski definition) is 3. The summed E-state index contributed by atoms with van der Waals surface area (Å²) in [6.45, 7) is 0. The fraction of sp³-hybridized carbons (Fsp3) is 0.0526. The molecule has 0 spiro atoms. The second kappa shape index (κ2) is 5.38. The maximum Gasteiger partial charge on any atom is 0.199 e. The molecule has 0 saturated carbocycles. The first kappa shape index (κ1) is 14.3. The van der Waals surface area contributed by atoms with Crippen LogP contribution in [-0.2, 0) is 0 Å².